The van der Waals surface area contributed by atoms with Crippen LogP contribution in [0.15, 0.2) is 10.3 Å². The van der Waals surface area contributed by atoms with Crippen LogP contribution in [-0.2, 0) is 13.1 Å². The number of tetrazole rings is 2. The van der Waals surface area contributed by atoms with Crippen molar-refractivity contribution in [1.82, 2.24) is 50.2 Å². The minimum Gasteiger partial charge on any atom is -0.302 e. The number of aromatic nitrogens is 8. The summed E-state index contributed by atoms with van der Waals surface area (Å²) in [6, 6.07) is 0. The second-order valence-corrected chi connectivity index (χ2v) is 7.65. The molecule has 26 heavy (non-hydrogen) atoms. The molecule has 2 aromatic rings. The van der Waals surface area contributed by atoms with E-state index in [2.05, 4.69) is 68.5 Å². The van der Waals surface area contributed by atoms with Gasteiger partial charge >= 0.3 is 0 Å². The van der Waals surface area contributed by atoms with Crippen LogP contribution in [0, 0.1) is 0 Å². The van der Waals surface area contributed by atoms with Crippen molar-refractivity contribution in [3.63, 3.8) is 0 Å². The Labute approximate surface area is 162 Å². The van der Waals surface area contributed by atoms with Gasteiger partial charge < -0.3 is 9.80 Å². The third kappa shape index (κ3) is 6.18. The molecule has 0 amide bonds. The smallest absolute Gasteiger partial charge is 0.220 e. The summed E-state index contributed by atoms with van der Waals surface area (Å²) in [5, 5.41) is 25.5. The summed E-state index contributed by atoms with van der Waals surface area (Å²) in [5.41, 5.74) is 0. The fraction of sp³-hybridized carbons (Fsp3) is 0.857. The van der Waals surface area contributed by atoms with Crippen molar-refractivity contribution in [2.24, 2.45) is 0 Å². The molecule has 0 saturated heterocycles. The maximum Gasteiger partial charge on any atom is 0.220 e. The summed E-state index contributed by atoms with van der Waals surface area (Å²) < 4.78 is 3.67. The molecule has 0 aliphatic heterocycles. The summed E-state index contributed by atoms with van der Waals surface area (Å²) in [6.45, 7) is 16.1. The highest BCUT2D eigenvalue weighted by atomic mass is 33.1. The van der Waals surface area contributed by atoms with Gasteiger partial charge in [-0.1, -0.05) is 27.7 Å². The van der Waals surface area contributed by atoms with Crippen LogP contribution in [0.2, 0.25) is 0 Å². The third-order valence-electron chi connectivity index (χ3n) is 4.23. The van der Waals surface area contributed by atoms with E-state index in [4.69, 9.17) is 0 Å². The summed E-state index contributed by atoms with van der Waals surface area (Å²) >= 11 is 0. The van der Waals surface area contributed by atoms with E-state index in [1.807, 2.05) is 9.36 Å². The topological polar surface area (TPSA) is 93.7 Å². The van der Waals surface area contributed by atoms with Gasteiger partial charge in [0.1, 0.15) is 0 Å². The Kier molecular flexibility index (Phi) is 9.29. The van der Waals surface area contributed by atoms with Gasteiger partial charge in [-0.05, 0) is 68.6 Å². The highest BCUT2D eigenvalue weighted by molar-refractivity contribution is 8.76. The number of rotatable bonds is 13. The minimum atomic E-state index is 0.764. The lowest BCUT2D eigenvalue weighted by molar-refractivity contribution is 0.279. The monoisotopic (exact) mass is 400 g/mol. The van der Waals surface area contributed by atoms with Crippen LogP contribution in [0.4, 0.5) is 0 Å². The van der Waals surface area contributed by atoms with E-state index < -0.39 is 0 Å². The minimum absolute atomic E-state index is 0.764. The van der Waals surface area contributed by atoms with E-state index in [0.717, 1.165) is 62.7 Å². The first-order valence-electron chi connectivity index (χ1n) is 9.03. The molecule has 0 fully saturated rings. The van der Waals surface area contributed by atoms with Gasteiger partial charge in [-0.3, -0.25) is 0 Å². The van der Waals surface area contributed by atoms with E-state index in [-0.39, 0.29) is 0 Å². The molecule has 12 heteroatoms. The zero-order chi connectivity index (χ0) is 18.8. The van der Waals surface area contributed by atoms with Gasteiger partial charge in [0.2, 0.25) is 10.3 Å². The molecule has 0 spiro atoms. The molecular formula is C14H28N10S2. The molecule has 0 aliphatic carbocycles. The maximum atomic E-state index is 4.12. The van der Waals surface area contributed by atoms with Crippen molar-refractivity contribution in [2.45, 2.75) is 51.1 Å². The van der Waals surface area contributed by atoms with E-state index in [0.29, 0.717) is 0 Å². The van der Waals surface area contributed by atoms with Crippen molar-refractivity contribution < 1.29 is 0 Å². The molecule has 2 heterocycles. The standard InChI is InChI=1S/C14H28N10S2/c1-5-21(6-2)9-11-23-13(15-17-19-23)25-26-14-16-18-20-24(14)12-10-22(7-3)8-4/h5-12H2,1-4H3. The van der Waals surface area contributed by atoms with Gasteiger partial charge in [0, 0.05) is 13.1 Å². The Morgan fingerprint density at radius 1 is 0.692 bits per heavy atom. The number of nitrogens with zero attached hydrogens (tertiary/aromatic N) is 10. The van der Waals surface area contributed by atoms with Crippen LogP contribution in [0.5, 0.6) is 0 Å². The number of hydrogen-bond acceptors (Lipinski definition) is 10. The molecule has 0 N–H and O–H groups in total. The highest BCUT2D eigenvalue weighted by Crippen LogP contribution is 2.34. The quantitative estimate of drug-likeness (QED) is 0.456. The summed E-state index contributed by atoms with van der Waals surface area (Å²) in [7, 11) is 2.97. The normalized spacial score (nSPS) is 11.8. The molecule has 0 atom stereocenters. The molecule has 10 nitrogen and oxygen atoms in total. The molecule has 146 valence electrons. The van der Waals surface area contributed by atoms with Gasteiger partial charge in [-0.2, -0.15) is 0 Å². The van der Waals surface area contributed by atoms with E-state index in [1.54, 1.807) is 0 Å². The zero-order valence-corrected chi connectivity index (χ0v) is 17.6. The first kappa shape index (κ1) is 21.1. The first-order valence-corrected chi connectivity index (χ1v) is 11.2. The lowest BCUT2D eigenvalue weighted by Crippen LogP contribution is -2.27. The van der Waals surface area contributed by atoms with E-state index >= 15 is 0 Å². The van der Waals surface area contributed by atoms with Crippen molar-refractivity contribution in [3.05, 3.63) is 0 Å². The SMILES string of the molecule is CCN(CC)CCn1nnnc1SSc1nnnn1CCN(CC)CC. The van der Waals surface area contributed by atoms with Crippen molar-refractivity contribution in [3.8, 4) is 0 Å². The Morgan fingerprint density at radius 3 is 1.42 bits per heavy atom. The predicted octanol–water partition coefficient (Wildman–Crippen LogP) is 1.14. The summed E-state index contributed by atoms with van der Waals surface area (Å²) in [4.78, 5) is 4.69. The van der Waals surface area contributed by atoms with Crippen LogP contribution in [0.25, 0.3) is 0 Å². The van der Waals surface area contributed by atoms with Crippen LogP contribution in [0.1, 0.15) is 27.7 Å². The molecular weight excluding hydrogens is 372 g/mol. The number of likely N-dealkylation sites (N-methyl/N-ethyl adjacent to an activating group) is 2. The summed E-state index contributed by atoms with van der Waals surface area (Å²) in [5.74, 6) is 0. The van der Waals surface area contributed by atoms with Gasteiger partial charge in [0.05, 0.1) is 13.1 Å². The van der Waals surface area contributed by atoms with Crippen molar-refractivity contribution in [1.29, 1.82) is 0 Å². The fourth-order valence-electron chi connectivity index (χ4n) is 2.42. The van der Waals surface area contributed by atoms with Crippen molar-refractivity contribution >= 4 is 21.6 Å². The lowest BCUT2D eigenvalue weighted by Gasteiger charge is -2.17. The average Bonchev–Trinajstić information content (AvgIpc) is 3.30. The maximum absolute atomic E-state index is 4.12. The lowest BCUT2D eigenvalue weighted by atomic mass is 10.5. The molecule has 0 saturated carbocycles. The predicted molar refractivity (Wildman–Crippen MR) is 103 cm³/mol. The molecule has 2 aromatic heterocycles. The van der Waals surface area contributed by atoms with Crippen LogP contribution >= 0.6 is 21.6 Å². The Morgan fingerprint density at radius 2 is 1.08 bits per heavy atom. The fourth-order valence-corrected chi connectivity index (χ4v) is 4.30. The molecule has 0 bridgehead atoms. The number of hydrogen-bond donors (Lipinski definition) is 0. The largest absolute Gasteiger partial charge is 0.302 e. The molecule has 2 rings (SSSR count). The Hall–Kier alpha value is -1.24. The average molecular weight is 401 g/mol. The van der Waals surface area contributed by atoms with Crippen LogP contribution in [-0.4, -0.2) is 89.5 Å². The van der Waals surface area contributed by atoms with Crippen LogP contribution in [0.3, 0.4) is 0 Å². The highest BCUT2D eigenvalue weighted by Gasteiger charge is 2.13. The van der Waals surface area contributed by atoms with E-state index in [9.17, 15) is 0 Å². The Balaban J connectivity index is 1.88. The van der Waals surface area contributed by atoms with Crippen LogP contribution < -0.4 is 0 Å². The molecule has 0 aliphatic rings. The van der Waals surface area contributed by atoms with Gasteiger partial charge in [0.25, 0.3) is 0 Å². The summed E-state index contributed by atoms with van der Waals surface area (Å²) in [6.07, 6.45) is 0. The Bertz CT molecular complexity index is 569. The molecule has 0 unspecified atom stereocenters. The van der Waals surface area contributed by atoms with Crippen molar-refractivity contribution in [2.75, 3.05) is 39.3 Å². The molecule has 0 radical (unpaired) electrons. The molecule has 0 aromatic carbocycles. The third-order valence-corrected chi connectivity index (χ3v) is 6.34. The van der Waals surface area contributed by atoms with Gasteiger partial charge in [-0.25, -0.2) is 9.36 Å². The first-order chi connectivity index (χ1) is 12.7. The van der Waals surface area contributed by atoms with Gasteiger partial charge in [-0.15, -0.1) is 10.2 Å². The second-order valence-electron chi connectivity index (χ2n) is 5.59. The van der Waals surface area contributed by atoms with E-state index in [1.165, 1.54) is 21.6 Å². The van der Waals surface area contributed by atoms with Gasteiger partial charge in [0.15, 0.2) is 0 Å². The second kappa shape index (κ2) is 11.5. The zero-order valence-electron chi connectivity index (χ0n) is 15.9.